The van der Waals surface area contributed by atoms with Crippen molar-refractivity contribution in [3.8, 4) is 5.75 Å². The molecule has 1 aromatic rings. The number of fused-ring (bicyclic) bond motifs is 1. The molecule has 0 saturated heterocycles. The number of benzene rings is 1. The van der Waals surface area contributed by atoms with Crippen LogP contribution < -0.4 is 15.8 Å². The second-order valence-electron chi connectivity index (χ2n) is 3.31. The van der Waals surface area contributed by atoms with Crippen LogP contribution in [0.4, 0.5) is 5.69 Å². The van der Waals surface area contributed by atoms with Gasteiger partial charge in [-0.2, -0.15) is 0 Å². The Bertz CT molecular complexity index is 429. The Kier molecular flexibility index (Phi) is 2.29. The second kappa shape index (κ2) is 3.61. The van der Waals surface area contributed by atoms with Crippen LogP contribution in [0.5, 0.6) is 5.75 Å². The van der Waals surface area contributed by atoms with Crippen LogP contribution in [-0.4, -0.2) is 18.4 Å². The number of hydrogen-bond acceptors (Lipinski definition) is 3. The SMILES string of the molecule is NC(=O)Cc1ccc2c(c1)NC(=O)CO2. The Morgan fingerprint density at radius 1 is 1.53 bits per heavy atom. The van der Waals surface area contributed by atoms with Crippen LogP contribution in [0.1, 0.15) is 5.56 Å². The third-order valence-corrected chi connectivity index (χ3v) is 2.06. The van der Waals surface area contributed by atoms with Gasteiger partial charge in [0, 0.05) is 0 Å². The summed E-state index contributed by atoms with van der Waals surface area (Å²) in [7, 11) is 0. The number of nitrogens with one attached hydrogen (secondary N) is 1. The average molecular weight is 206 g/mol. The van der Waals surface area contributed by atoms with Gasteiger partial charge in [-0.05, 0) is 17.7 Å². The highest BCUT2D eigenvalue weighted by molar-refractivity contribution is 5.95. The molecular weight excluding hydrogens is 196 g/mol. The minimum atomic E-state index is -0.405. The van der Waals surface area contributed by atoms with Gasteiger partial charge in [-0.25, -0.2) is 0 Å². The number of primary amides is 1. The standard InChI is InChI=1S/C10H10N2O3/c11-9(13)4-6-1-2-8-7(3-6)12-10(14)5-15-8/h1-3H,4-5H2,(H2,11,13)(H,12,14). The van der Waals surface area contributed by atoms with E-state index in [1.807, 2.05) is 0 Å². The summed E-state index contributed by atoms with van der Waals surface area (Å²) in [6.45, 7) is 0.0299. The zero-order chi connectivity index (χ0) is 10.8. The molecule has 0 aliphatic carbocycles. The quantitative estimate of drug-likeness (QED) is 0.717. The van der Waals surface area contributed by atoms with E-state index in [9.17, 15) is 9.59 Å². The van der Waals surface area contributed by atoms with Crippen molar-refractivity contribution in [3.05, 3.63) is 23.8 Å². The first-order chi connectivity index (χ1) is 7.15. The number of hydrogen-bond donors (Lipinski definition) is 2. The normalized spacial score (nSPS) is 13.7. The Morgan fingerprint density at radius 2 is 2.33 bits per heavy atom. The van der Waals surface area contributed by atoms with E-state index in [0.29, 0.717) is 11.4 Å². The first kappa shape index (κ1) is 9.51. The van der Waals surface area contributed by atoms with Crippen molar-refractivity contribution in [2.45, 2.75) is 6.42 Å². The number of anilines is 1. The number of carbonyl (C=O) groups excluding carboxylic acids is 2. The van der Waals surface area contributed by atoms with Crippen molar-refractivity contribution >= 4 is 17.5 Å². The lowest BCUT2D eigenvalue weighted by atomic mass is 10.1. The van der Waals surface area contributed by atoms with E-state index < -0.39 is 5.91 Å². The predicted octanol–water partition coefficient (Wildman–Crippen LogP) is 0.0453. The van der Waals surface area contributed by atoms with Crippen molar-refractivity contribution in [1.29, 1.82) is 0 Å². The Morgan fingerprint density at radius 3 is 3.07 bits per heavy atom. The van der Waals surface area contributed by atoms with E-state index in [1.54, 1.807) is 18.2 Å². The topological polar surface area (TPSA) is 81.4 Å². The van der Waals surface area contributed by atoms with Crippen molar-refractivity contribution in [2.24, 2.45) is 5.73 Å². The fraction of sp³-hybridized carbons (Fsp3) is 0.200. The van der Waals surface area contributed by atoms with Crippen LogP contribution in [0.15, 0.2) is 18.2 Å². The van der Waals surface area contributed by atoms with E-state index in [4.69, 9.17) is 10.5 Å². The molecule has 1 aliphatic rings. The molecule has 3 N–H and O–H groups in total. The Balaban J connectivity index is 2.28. The molecule has 1 aromatic carbocycles. The number of carbonyl (C=O) groups is 2. The average Bonchev–Trinajstić information content (AvgIpc) is 2.16. The molecular formula is C10H10N2O3. The molecule has 1 aliphatic heterocycles. The molecule has 0 radical (unpaired) electrons. The third kappa shape index (κ3) is 2.07. The van der Waals surface area contributed by atoms with Crippen LogP contribution in [0.25, 0.3) is 0 Å². The fourth-order valence-electron chi connectivity index (χ4n) is 1.44. The first-order valence-corrected chi connectivity index (χ1v) is 4.49. The molecule has 0 fully saturated rings. The van der Waals surface area contributed by atoms with E-state index in [0.717, 1.165) is 5.56 Å². The summed E-state index contributed by atoms with van der Waals surface area (Å²) < 4.78 is 5.17. The number of amides is 2. The summed E-state index contributed by atoms with van der Waals surface area (Å²) in [6, 6.07) is 5.16. The molecule has 0 bridgehead atoms. The molecule has 78 valence electrons. The molecule has 0 aromatic heterocycles. The van der Waals surface area contributed by atoms with Crippen molar-refractivity contribution < 1.29 is 14.3 Å². The Labute approximate surface area is 86.2 Å². The summed E-state index contributed by atoms with van der Waals surface area (Å²) in [5.74, 6) is 0.0135. The van der Waals surface area contributed by atoms with Crippen LogP contribution >= 0.6 is 0 Å². The van der Waals surface area contributed by atoms with E-state index >= 15 is 0 Å². The molecule has 0 saturated carbocycles. The smallest absolute Gasteiger partial charge is 0.262 e. The van der Waals surface area contributed by atoms with Gasteiger partial charge in [0.1, 0.15) is 5.75 Å². The highest BCUT2D eigenvalue weighted by atomic mass is 16.5. The molecule has 2 amide bonds. The van der Waals surface area contributed by atoms with Gasteiger partial charge < -0.3 is 15.8 Å². The molecule has 0 atom stereocenters. The van der Waals surface area contributed by atoms with Crippen LogP contribution in [0.2, 0.25) is 0 Å². The van der Waals surface area contributed by atoms with Crippen molar-refractivity contribution in [1.82, 2.24) is 0 Å². The molecule has 15 heavy (non-hydrogen) atoms. The van der Waals surface area contributed by atoms with Gasteiger partial charge in [-0.1, -0.05) is 6.07 Å². The van der Waals surface area contributed by atoms with Gasteiger partial charge in [-0.3, -0.25) is 9.59 Å². The summed E-state index contributed by atoms with van der Waals surface area (Å²) in [5, 5.41) is 2.66. The molecule has 0 spiro atoms. The maximum atomic E-state index is 11.0. The van der Waals surface area contributed by atoms with Gasteiger partial charge in [-0.15, -0.1) is 0 Å². The highest BCUT2D eigenvalue weighted by Crippen LogP contribution is 2.28. The van der Waals surface area contributed by atoms with Gasteiger partial charge in [0.15, 0.2) is 6.61 Å². The summed E-state index contributed by atoms with van der Waals surface area (Å²) >= 11 is 0. The summed E-state index contributed by atoms with van der Waals surface area (Å²) in [5.41, 5.74) is 6.41. The molecule has 5 heteroatoms. The van der Waals surface area contributed by atoms with Gasteiger partial charge >= 0.3 is 0 Å². The molecule has 5 nitrogen and oxygen atoms in total. The molecule has 0 unspecified atom stereocenters. The lowest BCUT2D eigenvalue weighted by Crippen LogP contribution is -2.25. The number of rotatable bonds is 2. The van der Waals surface area contributed by atoms with Crippen LogP contribution in [0.3, 0.4) is 0 Å². The zero-order valence-electron chi connectivity index (χ0n) is 7.95. The largest absolute Gasteiger partial charge is 0.482 e. The fourth-order valence-corrected chi connectivity index (χ4v) is 1.44. The minimum Gasteiger partial charge on any atom is -0.482 e. The zero-order valence-corrected chi connectivity index (χ0v) is 7.95. The minimum absolute atomic E-state index is 0.0299. The predicted molar refractivity (Wildman–Crippen MR) is 53.5 cm³/mol. The monoisotopic (exact) mass is 206 g/mol. The maximum Gasteiger partial charge on any atom is 0.262 e. The highest BCUT2D eigenvalue weighted by Gasteiger charge is 2.15. The van der Waals surface area contributed by atoms with Gasteiger partial charge in [0.05, 0.1) is 12.1 Å². The van der Waals surface area contributed by atoms with Crippen molar-refractivity contribution in [2.75, 3.05) is 11.9 Å². The van der Waals surface area contributed by atoms with Crippen molar-refractivity contribution in [3.63, 3.8) is 0 Å². The Hall–Kier alpha value is -2.04. The van der Waals surface area contributed by atoms with E-state index in [2.05, 4.69) is 5.32 Å². The maximum absolute atomic E-state index is 11.0. The summed E-state index contributed by atoms with van der Waals surface area (Å²) in [6.07, 6.45) is 0.156. The lowest BCUT2D eigenvalue weighted by molar-refractivity contribution is -0.118. The van der Waals surface area contributed by atoms with E-state index in [1.165, 1.54) is 0 Å². The first-order valence-electron chi connectivity index (χ1n) is 4.49. The number of nitrogens with two attached hydrogens (primary N) is 1. The number of ether oxygens (including phenoxy) is 1. The lowest BCUT2D eigenvalue weighted by Gasteiger charge is -2.18. The molecule has 1 heterocycles. The molecule has 2 rings (SSSR count). The van der Waals surface area contributed by atoms with Crippen LogP contribution in [-0.2, 0) is 16.0 Å². The third-order valence-electron chi connectivity index (χ3n) is 2.06. The van der Waals surface area contributed by atoms with Gasteiger partial charge in [0.25, 0.3) is 5.91 Å². The van der Waals surface area contributed by atoms with E-state index in [-0.39, 0.29) is 18.9 Å². The van der Waals surface area contributed by atoms with Gasteiger partial charge in [0.2, 0.25) is 5.91 Å². The second-order valence-corrected chi connectivity index (χ2v) is 3.31. The van der Waals surface area contributed by atoms with Crippen LogP contribution in [0, 0.1) is 0 Å². The summed E-state index contributed by atoms with van der Waals surface area (Å²) in [4.78, 5) is 21.7.